The van der Waals surface area contributed by atoms with Crippen LogP contribution in [0.4, 0.5) is 17.6 Å². The van der Waals surface area contributed by atoms with Crippen molar-refractivity contribution in [1.29, 1.82) is 0 Å². The van der Waals surface area contributed by atoms with Gasteiger partial charge < -0.3 is 15.4 Å². The molecule has 0 amide bonds. The van der Waals surface area contributed by atoms with Crippen LogP contribution in [0.25, 0.3) is 0 Å². The van der Waals surface area contributed by atoms with Gasteiger partial charge in [0.05, 0.1) is 6.61 Å². The third-order valence-corrected chi connectivity index (χ3v) is 3.15. The van der Waals surface area contributed by atoms with Crippen molar-refractivity contribution in [3.05, 3.63) is 28.8 Å². The lowest BCUT2D eigenvalue weighted by Crippen LogP contribution is -2.09. The van der Waals surface area contributed by atoms with Crippen LogP contribution in [-0.2, 0) is 0 Å². The molecule has 0 bridgehead atoms. The van der Waals surface area contributed by atoms with Crippen LogP contribution in [-0.4, -0.2) is 28.1 Å². The molecule has 0 saturated carbocycles. The third kappa shape index (κ3) is 3.95. The van der Waals surface area contributed by atoms with Crippen LogP contribution in [0.5, 0.6) is 6.01 Å². The van der Waals surface area contributed by atoms with E-state index in [2.05, 4.69) is 25.6 Å². The summed E-state index contributed by atoms with van der Waals surface area (Å²) in [6.45, 7) is 6.99. The quantitative estimate of drug-likeness (QED) is 0.852. The van der Waals surface area contributed by atoms with E-state index in [9.17, 15) is 0 Å². The summed E-state index contributed by atoms with van der Waals surface area (Å²) in [6, 6.07) is 5.90. The fourth-order valence-corrected chi connectivity index (χ4v) is 1.88. The maximum absolute atomic E-state index is 6.11. The molecule has 0 aliphatic rings. The summed E-state index contributed by atoms with van der Waals surface area (Å²) in [4.78, 5) is 12.7. The molecule has 21 heavy (non-hydrogen) atoms. The molecule has 2 N–H and O–H groups in total. The van der Waals surface area contributed by atoms with E-state index in [0.717, 1.165) is 11.3 Å². The van der Waals surface area contributed by atoms with Gasteiger partial charge in [-0.2, -0.15) is 15.0 Å². The van der Waals surface area contributed by atoms with Crippen molar-refractivity contribution < 1.29 is 4.74 Å². The molecule has 6 nitrogen and oxygen atoms in total. The Kier molecular flexibility index (Phi) is 5.16. The first-order valence-corrected chi connectivity index (χ1v) is 7.16. The maximum atomic E-state index is 6.11. The second-order valence-electron chi connectivity index (χ2n) is 4.27. The van der Waals surface area contributed by atoms with Crippen molar-refractivity contribution in [3.63, 3.8) is 0 Å². The molecule has 7 heteroatoms. The second kappa shape index (κ2) is 7.08. The average molecular weight is 308 g/mol. The van der Waals surface area contributed by atoms with Gasteiger partial charge in [0.25, 0.3) is 0 Å². The Morgan fingerprint density at radius 3 is 2.62 bits per heavy atom. The van der Waals surface area contributed by atoms with Gasteiger partial charge in [0.1, 0.15) is 0 Å². The number of halogens is 1. The van der Waals surface area contributed by atoms with Gasteiger partial charge in [-0.3, -0.25) is 0 Å². The maximum Gasteiger partial charge on any atom is 0.323 e. The third-order valence-electron chi connectivity index (χ3n) is 2.74. The van der Waals surface area contributed by atoms with Crippen molar-refractivity contribution in [1.82, 2.24) is 15.0 Å². The smallest absolute Gasteiger partial charge is 0.323 e. The van der Waals surface area contributed by atoms with Crippen molar-refractivity contribution in [2.75, 3.05) is 23.8 Å². The highest BCUT2D eigenvalue weighted by Gasteiger charge is 2.09. The highest BCUT2D eigenvalue weighted by atomic mass is 35.5. The zero-order chi connectivity index (χ0) is 15.2. The molecule has 0 atom stereocenters. The number of nitrogens with one attached hydrogen (secondary N) is 2. The number of rotatable bonds is 6. The number of ether oxygens (including phenoxy) is 1. The van der Waals surface area contributed by atoms with Gasteiger partial charge in [-0.25, -0.2) is 0 Å². The molecule has 0 aliphatic heterocycles. The Morgan fingerprint density at radius 2 is 1.90 bits per heavy atom. The van der Waals surface area contributed by atoms with Crippen LogP contribution >= 0.6 is 11.6 Å². The fourth-order valence-electron chi connectivity index (χ4n) is 1.71. The second-order valence-corrected chi connectivity index (χ2v) is 4.67. The largest absolute Gasteiger partial charge is 0.464 e. The van der Waals surface area contributed by atoms with E-state index in [4.69, 9.17) is 16.3 Å². The fraction of sp³-hybridized carbons (Fsp3) is 0.357. The van der Waals surface area contributed by atoms with E-state index < -0.39 is 0 Å². The lowest BCUT2D eigenvalue weighted by atomic mass is 10.2. The first-order valence-electron chi connectivity index (χ1n) is 6.79. The molecule has 1 aromatic carbocycles. The summed E-state index contributed by atoms with van der Waals surface area (Å²) in [7, 11) is 0. The molecular weight excluding hydrogens is 290 g/mol. The van der Waals surface area contributed by atoms with Gasteiger partial charge in [0.2, 0.25) is 11.9 Å². The highest BCUT2D eigenvalue weighted by molar-refractivity contribution is 6.31. The zero-order valence-electron chi connectivity index (χ0n) is 12.3. The zero-order valence-corrected chi connectivity index (χ0v) is 13.0. The number of hydrogen-bond donors (Lipinski definition) is 2. The Balaban J connectivity index is 2.31. The van der Waals surface area contributed by atoms with E-state index >= 15 is 0 Å². The summed E-state index contributed by atoms with van der Waals surface area (Å²) in [6.07, 6.45) is 0. The summed E-state index contributed by atoms with van der Waals surface area (Å²) < 4.78 is 5.36. The molecule has 0 aliphatic carbocycles. The van der Waals surface area contributed by atoms with Gasteiger partial charge in [0.15, 0.2) is 0 Å². The Morgan fingerprint density at radius 1 is 1.14 bits per heavy atom. The minimum Gasteiger partial charge on any atom is -0.464 e. The summed E-state index contributed by atoms with van der Waals surface area (Å²) in [5.41, 5.74) is 1.78. The molecule has 0 saturated heterocycles. The number of hydrogen-bond acceptors (Lipinski definition) is 6. The van der Waals surface area contributed by atoms with Gasteiger partial charge in [-0.05, 0) is 38.5 Å². The van der Waals surface area contributed by atoms with Gasteiger partial charge in [-0.15, -0.1) is 0 Å². The molecule has 1 heterocycles. The Bertz CT molecular complexity index is 596. The van der Waals surface area contributed by atoms with E-state index in [1.165, 1.54) is 0 Å². The Labute approximate surface area is 128 Å². The van der Waals surface area contributed by atoms with E-state index in [1.54, 1.807) is 0 Å². The first-order chi connectivity index (χ1) is 10.1. The molecule has 2 rings (SSSR count). The van der Waals surface area contributed by atoms with Crippen LogP contribution in [0.2, 0.25) is 5.02 Å². The van der Waals surface area contributed by atoms with Gasteiger partial charge >= 0.3 is 6.01 Å². The molecule has 0 unspecified atom stereocenters. The summed E-state index contributed by atoms with van der Waals surface area (Å²) in [5, 5.41) is 6.88. The molecule has 1 aromatic heterocycles. The monoisotopic (exact) mass is 307 g/mol. The minimum absolute atomic E-state index is 0.283. The molecule has 2 aromatic rings. The highest BCUT2D eigenvalue weighted by Crippen LogP contribution is 2.25. The standard InChI is InChI=1S/C14H18ClN5O/c1-4-16-12-18-13(20-14(19-12)21-5-2)17-11-8-6-7-10(15)9(11)3/h6-8H,4-5H2,1-3H3,(H2,16,17,18,19,20). The van der Waals surface area contributed by atoms with Crippen LogP contribution in [0.3, 0.4) is 0 Å². The van der Waals surface area contributed by atoms with Gasteiger partial charge in [-0.1, -0.05) is 17.7 Å². The molecule has 0 radical (unpaired) electrons. The van der Waals surface area contributed by atoms with E-state index in [1.807, 2.05) is 39.0 Å². The van der Waals surface area contributed by atoms with Crippen LogP contribution in [0.1, 0.15) is 19.4 Å². The average Bonchev–Trinajstić information content (AvgIpc) is 2.44. The number of nitrogens with zero attached hydrogens (tertiary/aromatic N) is 3. The molecule has 112 valence electrons. The van der Waals surface area contributed by atoms with Crippen molar-refractivity contribution >= 4 is 29.2 Å². The van der Waals surface area contributed by atoms with E-state index in [0.29, 0.717) is 30.1 Å². The lowest BCUT2D eigenvalue weighted by Gasteiger charge is -2.11. The van der Waals surface area contributed by atoms with Crippen LogP contribution in [0.15, 0.2) is 18.2 Å². The predicted molar refractivity (Wildman–Crippen MR) is 84.6 cm³/mol. The molecule has 0 fully saturated rings. The SMILES string of the molecule is CCNc1nc(Nc2cccc(Cl)c2C)nc(OCC)n1. The lowest BCUT2D eigenvalue weighted by molar-refractivity contribution is 0.312. The number of aromatic nitrogens is 3. The first kappa shape index (κ1) is 15.3. The predicted octanol–water partition coefficient (Wildman–Crippen LogP) is 3.41. The minimum atomic E-state index is 0.283. The Hall–Kier alpha value is -2.08. The van der Waals surface area contributed by atoms with Crippen molar-refractivity contribution in [2.45, 2.75) is 20.8 Å². The molecular formula is C14H18ClN5O. The van der Waals surface area contributed by atoms with Crippen LogP contribution < -0.4 is 15.4 Å². The van der Waals surface area contributed by atoms with Gasteiger partial charge in [0, 0.05) is 17.3 Å². The van der Waals surface area contributed by atoms with Crippen LogP contribution in [0, 0.1) is 6.92 Å². The summed E-state index contributed by atoms with van der Waals surface area (Å²) >= 11 is 6.11. The normalized spacial score (nSPS) is 10.3. The molecule has 0 spiro atoms. The summed E-state index contributed by atoms with van der Waals surface area (Å²) in [5.74, 6) is 0.882. The van der Waals surface area contributed by atoms with Crippen molar-refractivity contribution in [3.8, 4) is 6.01 Å². The topological polar surface area (TPSA) is 72.0 Å². The van der Waals surface area contributed by atoms with Crippen molar-refractivity contribution in [2.24, 2.45) is 0 Å². The van der Waals surface area contributed by atoms with E-state index in [-0.39, 0.29) is 6.01 Å². The number of anilines is 3. The number of benzene rings is 1.